The van der Waals surface area contributed by atoms with Crippen LogP contribution < -0.4 is 10.5 Å². The van der Waals surface area contributed by atoms with Gasteiger partial charge in [0.1, 0.15) is 4.90 Å². The molecule has 106 valence electrons. The minimum Gasteiger partial charge on any atom is -0.380 e. The quantitative estimate of drug-likeness (QED) is 0.816. The molecule has 0 bridgehead atoms. The maximum atomic E-state index is 12.4. The molecule has 2 unspecified atom stereocenters. The molecule has 2 rings (SSSR count). The van der Waals surface area contributed by atoms with Gasteiger partial charge in [-0.3, -0.25) is 4.98 Å². The van der Waals surface area contributed by atoms with E-state index in [1.165, 1.54) is 12.3 Å². The molecule has 0 radical (unpaired) electrons. The normalized spacial score (nSPS) is 23.7. The van der Waals surface area contributed by atoms with Gasteiger partial charge in [0, 0.05) is 25.9 Å². The summed E-state index contributed by atoms with van der Waals surface area (Å²) >= 11 is 0. The van der Waals surface area contributed by atoms with Crippen molar-refractivity contribution in [1.82, 2.24) is 9.71 Å². The van der Waals surface area contributed by atoms with E-state index in [0.717, 1.165) is 19.3 Å². The van der Waals surface area contributed by atoms with Crippen LogP contribution in [-0.4, -0.2) is 32.7 Å². The van der Waals surface area contributed by atoms with Crippen LogP contribution in [-0.2, 0) is 21.3 Å². The number of hydrogen-bond donors (Lipinski definition) is 2. The van der Waals surface area contributed by atoms with Crippen molar-refractivity contribution in [2.45, 2.75) is 42.8 Å². The summed E-state index contributed by atoms with van der Waals surface area (Å²) in [6.07, 6.45) is 4.10. The molecule has 1 heterocycles. The SMILES string of the molecule is COC1CCCC1NS(=O)(=O)c1cccnc1CN. The minimum absolute atomic E-state index is 0.0622. The van der Waals surface area contributed by atoms with Crippen LogP contribution in [0.2, 0.25) is 0 Å². The molecule has 1 aromatic heterocycles. The van der Waals surface area contributed by atoms with Gasteiger partial charge in [0.25, 0.3) is 0 Å². The van der Waals surface area contributed by atoms with E-state index in [-0.39, 0.29) is 23.6 Å². The van der Waals surface area contributed by atoms with Crippen LogP contribution in [0.25, 0.3) is 0 Å². The molecule has 0 amide bonds. The maximum Gasteiger partial charge on any atom is 0.242 e. The molecule has 0 aromatic carbocycles. The Hall–Kier alpha value is -1.02. The molecule has 1 aromatic rings. The Kier molecular flexibility index (Phi) is 4.51. The number of nitrogens with one attached hydrogen (secondary N) is 1. The van der Waals surface area contributed by atoms with Gasteiger partial charge in [0.05, 0.1) is 11.8 Å². The lowest BCUT2D eigenvalue weighted by Crippen LogP contribution is -2.41. The third-order valence-corrected chi connectivity index (χ3v) is 4.96. The molecule has 1 aliphatic rings. The second-order valence-corrected chi connectivity index (χ2v) is 6.27. The average molecular weight is 285 g/mol. The Labute approximate surface area is 113 Å². The molecule has 0 saturated heterocycles. The second kappa shape index (κ2) is 5.96. The van der Waals surface area contributed by atoms with Crippen LogP contribution in [0.5, 0.6) is 0 Å². The van der Waals surface area contributed by atoms with Crippen LogP contribution >= 0.6 is 0 Å². The highest BCUT2D eigenvalue weighted by Crippen LogP contribution is 2.24. The van der Waals surface area contributed by atoms with Crippen LogP contribution in [0, 0.1) is 0 Å². The van der Waals surface area contributed by atoms with Crippen molar-refractivity contribution >= 4 is 10.0 Å². The monoisotopic (exact) mass is 285 g/mol. The van der Waals surface area contributed by atoms with Gasteiger partial charge in [-0.15, -0.1) is 0 Å². The summed E-state index contributed by atoms with van der Waals surface area (Å²) in [5.74, 6) is 0. The molecular weight excluding hydrogens is 266 g/mol. The fourth-order valence-corrected chi connectivity index (χ4v) is 3.93. The topological polar surface area (TPSA) is 94.3 Å². The van der Waals surface area contributed by atoms with Gasteiger partial charge in [-0.1, -0.05) is 0 Å². The smallest absolute Gasteiger partial charge is 0.242 e. The first kappa shape index (κ1) is 14.4. The first-order chi connectivity index (χ1) is 9.08. The zero-order valence-corrected chi connectivity index (χ0v) is 11.7. The van der Waals surface area contributed by atoms with E-state index >= 15 is 0 Å². The zero-order chi connectivity index (χ0) is 13.9. The molecule has 6 nitrogen and oxygen atoms in total. The molecular formula is C12H19N3O3S. The number of ether oxygens (including phenoxy) is 1. The van der Waals surface area contributed by atoms with Gasteiger partial charge in [0.2, 0.25) is 10.0 Å². The van der Waals surface area contributed by atoms with E-state index in [1.807, 2.05) is 0 Å². The lowest BCUT2D eigenvalue weighted by molar-refractivity contribution is 0.0916. The first-order valence-corrected chi connectivity index (χ1v) is 7.76. The predicted octanol–water partition coefficient (Wildman–Crippen LogP) is 0.386. The van der Waals surface area contributed by atoms with Crippen molar-refractivity contribution in [2.24, 2.45) is 5.73 Å². The molecule has 7 heteroatoms. The van der Waals surface area contributed by atoms with Crippen molar-refractivity contribution in [3.8, 4) is 0 Å². The molecule has 3 N–H and O–H groups in total. The lowest BCUT2D eigenvalue weighted by atomic mass is 10.2. The highest BCUT2D eigenvalue weighted by molar-refractivity contribution is 7.89. The zero-order valence-electron chi connectivity index (χ0n) is 10.9. The molecule has 0 spiro atoms. The van der Waals surface area contributed by atoms with Crippen LogP contribution in [0.4, 0.5) is 0 Å². The Morgan fingerprint density at radius 3 is 3.00 bits per heavy atom. The van der Waals surface area contributed by atoms with Gasteiger partial charge >= 0.3 is 0 Å². The average Bonchev–Trinajstić information content (AvgIpc) is 2.85. The summed E-state index contributed by atoms with van der Waals surface area (Å²) in [6.45, 7) is 0.0927. The van der Waals surface area contributed by atoms with Gasteiger partial charge < -0.3 is 10.5 Å². The Morgan fingerprint density at radius 2 is 2.32 bits per heavy atom. The molecule has 0 aliphatic heterocycles. The van der Waals surface area contributed by atoms with E-state index in [9.17, 15) is 8.42 Å². The van der Waals surface area contributed by atoms with E-state index < -0.39 is 10.0 Å². The minimum atomic E-state index is -3.60. The number of pyridine rings is 1. The van der Waals surface area contributed by atoms with E-state index in [2.05, 4.69) is 9.71 Å². The Bertz CT molecular complexity index is 533. The van der Waals surface area contributed by atoms with Crippen molar-refractivity contribution in [3.05, 3.63) is 24.0 Å². The number of aromatic nitrogens is 1. The Balaban J connectivity index is 2.23. The summed E-state index contributed by atoms with van der Waals surface area (Å²) < 4.78 is 32.7. The highest BCUT2D eigenvalue weighted by atomic mass is 32.2. The number of hydrogen-bond acceptors (Lipinski definition) is 5. The number of sulfonamides is 1. The third kappa shape index (κ3) is 3.11. The maximum absolute atomic E-state index is 12.4. The fourth-order valence-electron chi connectivity index (χ4n) is 2.43. The van der Waals surface area contributed by atoms with E-state index in [1.54, 1.807) is 13.2 Å². The first-order valence-electron chi connectivity index (χ1n) is 6.27. The van der Waals surface area contributed by atoms with Crippen LogP contribution in [0.15, 0.2) is 23.2 Å². The van der Waals surface area contributed by atoms with Crippen LogP contribution in [0.3, 0.4) is 0 Å². The van der Waals surface area contributed by atoms with Gasteiger partial charge in [-0.25, -0.2) is 13.1 Å². The highest BCUT2D eigenvalue weighted by Gasteiger charge is 2.32. The number of rotatable bonds is 5. The van der Waals surface area contributed by atoms with Gasteiger partial charge in [-0.2, -0.15) is 0 Å². The van der Waals surface area contributed by atoms with Gasteiger partial charge in [0.15, 0.2) is 0 Å². The van der Waals surface area contributed by atoms with Crippen molar-refractivity contribution in [3.63, 3.8) is 0 Å². The van der Waals surface area contributed by atoms with Crippen molar-refractivity contribution < 1.29 is 13.2 Å². The summed E-state index contributed by atoms with van der Waals surface area (Å²) in [5, 5.41) is 0. The summed E-state index contributed by atoms with van der Waals surface area (Å²) in [5.41, 5.74) is 5.91. The summed E-state index contributed by atoms with van der Waals surface area (Å²) in [4.78, 5) is 4.15. The van der Waals surface area contributed by atoms with Crippen molar-refractivity contribution in [2.75, 3.05) is 7.11 Å². The molecule has 19 heavy (non-hydrogen) atoms. The molecule has 2 atom stereocenters. The predicted molar refractivity (Wildman–Crippen MR) is 70.9 cm³/mol. The second-order valence-electron chi connectivity index (χ2n) is 4.59. The summed E-state index contributed by atoms with van der Waals surface area (Å²) in [6, 6.07) is 2.94. The lowest BCUT2D eigenvalue weighted by Gasteiger charge is -2.20. The van der Waals surface area contributed by atoms with Crippen molar-refractivity contribution in [1.29, 1.82) is 0 Å². The number of nitrogens with zero attached hydrogens (tertiary/aromatic N) is 1. The van der Waals surface area contributed by atoms with Gasteiger partial charge in [-0.05, 0) is 31.4 Å². The van der Waals surface area contributed by atoms with E-state index in [0.29, 0.717) is 5.69 Å². The summed E-state index contributed by atoms with van der Waals surface area (Å²) in [7, 11) is -2.00. The number of methoxy groups -OCH3 is 1. The Morgan fingerprint density at radius 1 is 1.53 bits per heavy atom. The molecule has 1 fully saturated rings. The largest absolute Gasteiger partial charge is 0.380 e. The number of nitrogens with two attached hydrogens (primary N) is 1. The molecule has 1 saturated carbocycles. The van der Waals surface area contributed by atoms with Crippen LogP contribution in [0.1, 0.15) is 25.0 Å². The van der Waals surface area contributed by atoms with E-state index in [4.69, 9.17) is 10.5 Å². The third-order valence-electron chi connectivity index (χ3n) is 3.39. The standard InChI is InChI=1S/C12H19N3O3S/c1-18-11-5-2-4-9(11)15-19(16,17)12-6-3-7-14-10(12)8-13/h3,6-7,9,11,15H,2,4-5,8,13H2,1H3. The molecule has 1 aliphatic carbocycles. The fraction of sp³-hybridized carbons (Fsp3) is 0.583.